The Labute approximate surface area is 164 Å². The first kappa shape index (κ1) is 19.1. The fraction of sp³-hybridized carbons (Fsp3) is 0.174. The van der Waals surface area contributed by atoms with Gasteiger partial charge in [0, 0.05) is 19.2 Å². The van der Waals surface area contributed by atoms with E-state index in [0.717, 1.165) is 12.0 Å². The van der Waals surface area contributed by atoms with Crippen LogP contribution in [0.25, 0.3) is 11.6 Å². The Hall–Kier alpha value is -3.65. The molecule has 5 nitrogen and oxygen atoms in total. The van der Waals surface area contributed by atoms with E-state index in [4.69, 9.17) is 10.00 Å². The van der Waals surface area contributed by atoms with E-state index >= 15 is 0 Å². The van der Waals surface area contributed by atoms with Crippen molar-refractivity contribution in [3.63, 3.8) is 0 Å². The van der Waals surface area contributed by atoms with Gasteiger partial charge in [0.15, 0.2) is 6.61 Å². The number of hydrogen-bond donors (Lipinski definition) is 0. The lowest BCUT2D eigenvalue weighted by Gasteiger charge is -2.26. The van der Waals surface area contributed by atoms with Gasteiger partial charge in [0.25, 0.3) is 5.91 Å². The van der Waals surface area contributed by atoms with Gasteiger partial charge >= 0.3 is 5.97 Å². The molecule has 0 saturated carbocycles. The minimum atomic E-state index is -0.574. The molecule has 2 aromatic carbocycles. The third-order valence-corrected chi connectivity index (χ3v) is 4.50. The molecule has 5 heteroatoms. The number of benzene rings is 2. The van der Waals surface area contributed by atoms with E-state index in [1.54, 1.807) is 35.2 Å². The van der Waals surface area contributed by atoms with Crippen LogP contribution in [0.2, 0.25) is 0 Å². The molecule has 2 aromatic rings. The van der Waals surface area contributed by atoms with Crippen LogP contribution in [-0.4, -0.2) is 36.5 Å². The summed E-state index contributed by atoms with van der Waals surface area (Å²) in [5, 5.41) is 8.77. The zero-order valence-electron chi connectivity index (χ0n) is 15.4. The molecule has 1 aliphatic rings. The molecule has 140 valence electrons. The number of esters is 1. The summed E-state index contributed by atoms with van der Waals surface area (Å²) in [5.41, 5.74) is 3.73. The van der Waals surface area contributed by atoms with Crippen LogP contribution in [0.15, 0.2) is 66.7 Å². The van der Waals surface area contributed by atoms with Crippen molar-refractivity contribution in [1.82, 2.24) is 4.90 Å². The van der Waals surface area contributed by atoms with Gasteiger partial charge in [-0.1, -0.05) is 48.5 Å². The fourth-order valence-corrected chi connectivity index (χ4v) is 2.92. The van der Waals surface area contributed by atoms with Crippen LogP contribution in [0.5, 0.6) is 0 Å². The van der Waals surface area contributed by atoms with Crippen molar-refractivity contribution in [3.05, 3.63) is 83.4 Å². The minimum absolute atomic E-state index is 0.205. The van der Waals surface area contributed by atoms with Crippen LogP contribution in [0.3, 0.4) is 0 Å². The summed E-state index contributed by atoms with van der Waals surface area (Å²) < 4.78 is 5.05. The monoisotopic (exact) mass is 372 g/mol. The lowest BCUT2D eigenvalue weighted by atomic mass is 10.00. The summed E-state index contributed by atoms with van der Waals surface area (Å²) in [4.78, 5) is 25.8. The molecular weight excluding hydrogens is 352 g/mol. The molecule has 0 aromatic heterocycles. The number of hydrogen-bond acceptors (Lipinski definition) is 4. The van der Waals surface area contributed by atoms with Crippen molar-refractivity contribution in [2.45, 2.75) is 6.42 Å². The molecular formula is C23H20N2O3. The zero-order chi connectivity index (χ0) is 19.8. The molecule has 0 bridgehead atoms. The molecule has 0 unspecified atom stereocenters. The summed E-state index contributed by atoms with van der Waals surface area (Å²) in [6, 6.07) is 18.9. The molecule has 3 rings (SSSR count). The number of ether oxygens (including phenoxy) is 1. The maximum Gasteiger partial charge on any atom is 0.331 e. The molecule has 1 amide bonds. The van der Waals surface area contributed by atoms with Crippen LogP contribution >= 0.6 is 0 Å². The SMILES string of the molecule is N#Cc1ccc(/C=C/C(=O)OCC(=O)N2CC=C(c3ccccc3)CC2)cc1. The summed E-state index contributed by atoms with van der Waals surface area (Å²) in [6.45, 7) is 0.852. The van der Waals surface area contributed by atoms with E-state index in [1.807, 2.05) is 30.3 Å². The van der Waals surface area contributed by atoms with Gasteiger partial charge in [-0.2, -0.15) is 5.26 Å². The number of nitrogens with zero attached hydrogens (tertiary/aromatic N) is 2. The molecule has 0 spiro atoms. The first-order valence-corrected chi connectivity index (χ1v) is 9.03. The second-order valence-electron chi connectivity index (χ2n) is 6.36. The molecule has 1 heterocycles. The summed E-state index contributed by atoms with van der Waals surface area (Å²) >= 11 is 0. The summed E-state index contributed by atoms with van der Waals surface area (Å²) in [7, 11) is 0. The average molecular weight is 372 g/mol. The van der Waals surface area contributed by atoms with E-state index in [2.05, 4.69) is 12.1 Å². The Morgan fingerprint density at radius 2 is 1.86 bits per heavy atom. The minimum Gasteiger partial charge on any atom is -0.452 e. The van der Waals surface area contributed by atoms with Gasteiger partial charge in [-0.3, -0.25) is 4.79 Å². The first-order chi connectivity index (χ1) is 13.7. The molecule has 0 N–H and O–H groups in total. The van der Waals surface area contributed by atoms with Crippen LogP contribution in [-0.2, 0) is 14.3 Å². The van der Waals surface area contributed by atoms with Gasteiger partial charge in [-0.15, -0.1) is 0 Å². The zero-order valence-corrected chi connectivity index (χ0v) is 15.4. The highest BCUT2D eigenvalue weighted by Crippen LogP contribution is 2.21. The highest BCUT2D eigenvalue weighted by molar-refractivity contribution is 5.89. The van der Waals surface area contributed by atoms with Crippen LogP contribution in [0.1, 0.15) is 23.1 Å². The van der Waals surface area contributed by atoms with E-state index < -0.39 is 5.97 Å². The Morgan fingerprint density at radius 1 is 1.11 bits per heavy atom. The number of rotatable bonds is 5. The van der Waals surface area contributed by atoms with E-state index in [-0.39, 0.29) is 12.5 Å². The lowest BCUT2D eigenvalue weighted by Crippen LogP contribution is -2.37. The van der Waals surface area contributed by atoms with Crippen molar-refractivity contribution < 1.29 is 14.3 Å². The highest BCUT2D eigenvalue weighted by atomic mass is 16.5. The molecule has 0 aliphatic carbocycles. The second-order valence-corrected chi connectivity index (χ2v) is 6.36. The molecule has 28 heavy (non-hydrogen) atoms. The number of carbonyl (C=O) groups is 2. The van der Waals surface area contributed by atoms with E-state index in [0.29, 0.717) is 18.7 Å². The van der Waals surface area contributed by atoms with Crippen LogP contribution in [0.4, 0.5) is 0 Å². The van der Waals surface area contributed by atoms with Gasteiger partial charge in [-0.25, -0.2) is 4.79 Å². The largest absolute Gasteiger partial charge is 0.452 e. The average Bonchev–Trinajstić information content (AvgIpc) is 2.77. The van der Waals surface area contributed by atoms with Crippen LogP contribution < -0.4 is 0 Å². The van der Waals surface area contributed by atoms with E-state index in [9.17, 15) is 9.59 Å². The van der Waals surface area contributed by atoms with Gasteiger partial charge in [0.2, 0.25) is 0 Å². The van der Waals surface area contributed by atoms with Crippen molar-refractivity contribution in [2.75, 3.05) is 19.7 Å². The fourth-order valence-electron chi connectivity index (χ4n) is 2.92. The molecule has 0 saturated heterocycles. The van der Waals surface area contributed by atoms with Gasteiger partial charge in [-0.05, 0) is 41.3 Å². The number of carbonyl (C=O) groups excluding carboxylic acids is 2. The van der Waals surface area contributed by atoms with Gasteiger partial charge in [0.05, 0.1) is 11.6 Å². The van der Waals surface area contributed by atoms with Crippen molar-refractivity contribution in [1.29, 1.82) is 5.26 Å². The van der Waals surface area contributed by atoms with Crippen LogP contribution in [0, 0.1) is 11.3 Å². The molecule has 0 atom stereocenters. The highest BCUT2D eigenvalue weighted by Gasteiger charge is 2.18. The third-order valence-electron chi connectivity index (χ3n) is 4.50. The Kier molecular flexibility index (Phi) is 6.37. The molecule has 0 fully saturated rings. The molecule has 0 radical (unpaired) electrons. The van der Waals surface area contributed by atoms with Gasteiger partial charge < -0.3 is 9.64 Å². The predicted octanol–water partition coefficient (Wildman–Crippen LogP) is 3.43. The quantitative estimate of drug-likeness (QED) is 0.596. The first-order valence-electron chi connectivity index (χ1n) is 9.03. The Bertz CT molecular complexity index is 938. The Morgan fingerprint density at radius 3 is 2.50 bits per heavy atom. The topological polar surface area (TPSA) is 70.4 Å². The number of amides is 1. The second kappa shape index (κ2) is 9.33. The van der Waals surface area contributed by atoms with Gasteiger partial charge in [0.1, 0.15) is 0 Å². The Balaban J connectivity index is 1.46. The van der Waals surface area contributed by atoms with Crippen molar-refractivity contribution >= 4 is 23.5 Å². The third kappa shape index (κ3) is 5.18. The normalized spacial score (nSPS) is 13.7. The standard InChI is InChI=1S/C23H20N2O3/c24-16-19-8-6-18(7-9-19)10-11-23(27)28-17-22(26)25-14-12-21(13-15-25)20-4-2-1-3-5-20/h1-12H,13-15,17H2/b11-10+. The summed E-state index contributed by atoms with van der Waals surface area (Å²) in [6.07, 6.45) is 5.69. The maximum atomic E-state index is 12.3. The van der Waals surface area contributed by atoms with Crippen molar-refractivity contribution in [2.24, 2.45) is 0 Å². The van der Waals surface area contributed by atoms with E-state index in [1.165, 1.54) is 17.2 Å². The predicted molar refractivity (Wildman–Crippen MR) is 107 cm³/mol. The molecule has 1 aliphatic heterocycles. The summed E-state index contributed by atoms with van der Waals surface area (Å²) in [5.74, 6) is -0.779. The smallest absolute Gasteiger partial charge is 0.331 e. The maximum absolute atomic E-state index is 12.3. The van der Waals surface area contributed by atoms with Crippen molar-refractivity contribution in [3.8, 4) is 6.07 Å². The number of nitriles is 1. The lowest BCUT2D eigenvalue weighted by molar-refractivity contribution is -0.147.